The maximum absolute atomic E-state index is 13.3. The number of carbonyl (C=O) groups excluding carboxylic acids is 2. The minimum Gasteiger partial charge on any atom is -0.473 e. The summed E-state index contributed by atoms with van der Waals surface area (Å²) in [6.07, 6.45) is 7.40. The topological polar surface area (TPSA) is 200 Å². The van der Waals surface area contributed by atoms with E-state index in [1.807, 2.05) is 121 Å². The van der Waals surface area contributed by atoms with Gasteiger partial charge in [0.2, 0.25) is 35.4 Å². The number of benzene rings is 2. The summed E-state index contributed by atoms with van der Waals surface area (Å²) in [6, 6.07) is 28.4. The van der Waals surface area contributed by atoms with Crippen LogP contribution in [0.25, 0.3) is 0 Å². The van der Waals surface area contributed by atoms with E-state index in [-0.39, 0.29) is 11.8 Å². The lowest BCUT2D eigenvalue weighted by atomic mass is 9.84. The van der Waals surface area contributed by atoms with Crippen molar-refractivity contribution >= 4 is 57.8 Å². The number of aryl methyl sites for hydroxylation is 2. The molecule has 0 spiro atoms. The van der Waals surface area contributed by atoms with Gasteiger partial charge in [-0.25, -0.2) is 9.59 Å². The third-order valence-corrected chi connectivity index (χ3v) is 14.3. The molecular formula is C50H62N8O8S2. The number of carboxylic acid groups (broad SMARTS) is 2. The molecule has 16 nitrogen and oxygen atoms in total. The van der Waals surface area contributed by atoms with Crippen molar-refractivity contribution in [3.8, 4) is 0 Å². The summed E-state index contributed by atoms with van der Waals surface area (Å²) in [5.41, 5.74) is 0.540. The summed E-state index contributed by atoms with van der Waals surface area (Å²) in [6.45, 7) is 13.4. The van der Waals surface area contributed by atoms with Gasteiger partial charge < -0.3 is 28.8 Å². The number of rotatable bonds is 16. The number of hydrogen-bond donors (Lipinski definition) is 2. The van der Waals surface area contributed by atoms with Gasteiger partial charge in [-0.15, -0.1) is 43.1 Å². The number of aliphatic carboxylic acids is 2. The normalized spacial score (nSPS) is 15.5. The van der Waals surface area contributed by atoms with Crippen molar-refractivity contribution in [2.75, 3.05) is 49.1 Å². The second kappa shape index (κ2) is 24.8. The van der Waals surface area contributed by atoms with E-state index >= 15 is 0 Å². The quantitative estimate of drug-likeness (QED) is 0.0875. The highest BCUT2D eigenvalue weighted by Gasteiger charge is 2.50. The molecule has 2 aromatic carbocycles. The molecule has 0 saturated carbocycles. The van der Waals surface area contributed by atoms with E-state index in [0.717, 1.165) is 89.2 Å². The Labute approximate surface area is 405 Å². The smallest absolute Gasteiger partial charge is 0.414 e. The average molecular weight is 967 g/mol. The maximum atomic E-state index is 13.3. The molecular weight excluding hydrogens is 905 g/mol. The van der Waals surface area contributed by atoms with Crippen molar-refractivity contribution in [3.63, 3.8) is 0 Å². The van der Waals surface area contributed by atoms with Crippen molar-refractivity contribution in [3.05, 3.63) is 129 Å². The Morgan fingerprint density at radius 3 is 1.21 bits per heavy atom. The fourth-order valence-electron chi connectivity index (χ4n) is 8.70. The van der Waals surface area contributed by atoms with Crippen LogP contribution >= 0.6 is 22.7 Å². The summed E-state index contributed by atoms with van der Waals surface area (Å²) in [5, 5.41) is 36.4. The van der Waals surface area contributed by atoms with Crippen LogP contribution in [0.3, 0.4) is 0 Å². The zero-order chi connectivity index (χ0) is 48.5. The molecule has 0 atom stereocenters. The largest absolute Gasteiger partial charge is 0.473 e. The van der Waals surface area contributed by atoms with Crippen LogP contribution < -0.4 is 9.80 Å². The number of nitrogens with zero attached hydrogens (tertiary/aromatic N) is 8. The average Bonchev–Trinajstić information content (AvgIpc) is 4.24. The molecule has 2 N–H and O–H groups in total. The molecule has 2 amide bonds. The molecule has 8 rings (SSSR count). The van der Waals surface area contributed by atoms with Crippen LogP contribution in [0.5, 0.6) is 0 Å². The van der Waals surface area contributed by atoms with Crippen molar-refractivity contribution in [2.45, 2.75) is 103 Å². The number of carboxylic acids is 2. The Morgan fingerprint density at radius 2 is 0.926 bits per heavy atom. The van der Waals surface area contributed by atoms with Crippen LogP contribution in [0.15, 0.2) is 105 Å². The molecule has 0 aliphatic carbocycles. The van der Waals surface area contributed by atoms with Crippen molar-refractivity contribution in [1.29, 1.82) is 0 Å². The minimum atomic E-state index is -1.82. The summed E-state index contributed by atoms with van der Waals surface area (Å²) in [4.78, 5) is 56.3. The summed E-state index contributed by atoms with van der Waals surface area (Å²) in [7, 11) is 0. The Hall–Kier alpha value is -6.08. The number of aromatic nitrogens is 4. The molecule has 2 aliphatic heterocycles. The minimum absolute atomic E-state index is 0.0782. The highest BCUT2D eigenvalue weighted by atomic mass is 32.1. The van der Waals surface area contributed by atoms with Gasteiger partial charge in [-0.1, -0.05) is 76.2 Å². The van der Waals surface area contributed by atoms with Gasteiger partial charge in [-0.05, 0) is 85.7 Å². The van der Waals surface area contributed by atoms with Gasteiger partial charge in [0.15, 0.2) is 0 Å². The Balaban J connectivity index is 0.000000200. The third kappa shape index (κ3) is 12.7. The van der Waals surface area contributed by atoms with Crippen LogP contribution in [0.4, 0.5) is 11.4 Å². The molecule has 0 radical (unpaired) electrons. The van der Waals surface area contributed by atoms with Crippen LogP contribution in [-0.4, -0.2) is 103 Å². The molecule has 2 aliphatic rings. The second-order valence-electron chi connectivity index (χ2n) is 16.6. The Bertz CT molecular complexity index is 2290. The number of amides is 2. The Morgan fingerprint density at radius 1 is 0.559 bits per heavy atom. The third-order valence-electron chi connectivity index (χ3n) is 12.4. The van der Waals surface area contributed by atoms with Crippen molar-refractivity contribution < 1.29 is 38.2 Å². The zero-order valence-corrected chi connectivity index (χ0v) is 40.9. The van der Waals surface area contributed by atoms with Gasteiger partial charge in [-0.2, -0.15) is 0 Å². The fraction of sp³-hybridized carbons (Fsp3) is 0.440. The van der Waals surface area contributed by atoms with Crippen molar-refractivity contribution in [2.24, 2.45) is 0 Å². The molecule has 0 unspecified atom stereocenters. The highest BCUT2D eigenvalue weighted by molar-refractivity contribution is 7.10. The van der Waals surface area contributed by atoms with Gasteiger partial charge in [0.05, 0.1) is 0 Å². The SMILES string of the molecule is CCC(=O)N(c1ccccc1)C1(c2nnc(CC)o2)CCN(CCc2cccs2)CC1.CCC(=O)N(c1ccccc1)C1(c2nnc(CC)o2)CCN(CCc2cccs2)CC1.O=C(O)C(=O)O. The molecule has 2 fully saturated rings. The van der Waals surface area contributed by atoms with Gasteiger partial charge in [0.25, 0.3) is 0 Å². The van der Waals surface area contributed by atoms with Crippen LogP contribution in [-0.2, 0) is 55.9 Å². The monoisotopic (exact) mass is 966 g/mol. The van der Waals surface area contributed by atoms with Gasteiger partial charge in [0.1, 0.15) is 11.1 Å². The van der Waals surface area contributed by atoms with E-state index < -0.39 is 23.0 Å². The van der Waals surface area contributed by atoms with Crippen LogP contribution in [0.2, 0.25) is 0 Å². The van der Waals surface area contributed by atoms with E-state index in [4.69, 9.17) is 28.6 Å². The molecule has 362 valence electrons. The predicted octanol–water partition coefficient (Wildman–Crippen LogP) is 8.50. The van der Waals surface area contributed by atoms with E-state index in [1.165, 1.54) is 9.75 Å². The molecule has 18 heteroatoms. The predicted molar refractivity (Wildman–Crippen MR) is 262 cm³/mol. The first kappa shape index (κ1) is 51.3. The Kier molecular flexibility index (Phi) is 18.7. The number of hydrogen-bond acceptors (Lipinski definition) is 14. The molecule has 2 saturated heterocycles. The number of para-hydroxylation sites is 2. The lowest BCUT2D eigenvalue weighted by molar-refractivity contribution is -0.159. The van der Waals surface area contributed by atoms with E-state index in [9.17, 15) is 9.59 Å². The number of likely N-dealkylation sites (tertiary alicyclic amines) is 2. The van der Waals surface area contributed by atoms with E-state index in [1.54, 1.807) is 0 Å². The van der Waals surface area contributed by atoms with E-state index in [2.05, 4.69) is 65.2 Å². The highest BCUT2D eigenvalue weighted by Crippen LogP contribution is 2.43. The summed E-state index contributed by atoms with van der Waals surface area (Å²) in [5.74, 6) is -1.13. The number of anilines is 2. The number of thiophene rings is 2. The lowest BCUT2D eigenvalue weighted by Gasteiger charge is -2.46. The second-order valence-corrected chi connectivity index (χ2v) is 18.6. The number of carbonyl (C=O) groups is 4. The molecule has 0 bridgehead atoms. The van der Waals surface area contributed by atoms with Crippen LogP contribution in [0.1, 0.15) is 99.5 Å². The fourth-order valence-corrected chi connectivity index (χ4v) is 10.1. The first-order valence-electron chi connectivity index (χ1n) is 23.3. The summed E-state index contributed by atoms with van der Waals surface area (Å²) >= 11 is 3.62. The van der Waals surface area contributed by atoms with Crippen molar-refractivity contribution in [1.82, 2.24) is 30.2 Å². The van der Waals surface area contributed by atoms with Gasteiger partial charge in [0, 0.05) is 86.1 Å². The number of piperidine rings is 2. The van der Waals surface area contributed by atoms with Gasteiger partial charge in [-0.3, -0.25) is 19.4 Å². The molecule has 6 heterocycles. The first-order chi connectivity index (χ1) is 33.0. The summed E-state index contributed by atoms with van der Waals surface area (Å²) < 4.78 is 12.2. The molecule has 6 aromatic rings. The zero-order valence-electron chi connectivity index (χ0n) is 39.3. The lowest BCUT2D eigenvalue weighted by Crippen LogP contribution is -2.56. The van der Waals surface area contributed by atoms with Crippen LogP contribution in [0, 0.1) is 0 Å². The standard InChI is InChI=1S/2C24H30N4O2S.C2H2O4/c2*1-3-21-25-26-23(30-21)24(28(22(29)4-2)19-9-6-5-7-10-19)13-16-27(17-14-24)15-12-20-11-8-18-31-20;3-1(4)2(5)6/h2*5-11,18H,3-4,12-17H2,1-2H3;(H,3,4)(H,5,6). The van der Waals surface area contributed by atoms with E-state index in [0.29, 0.717) is 49.2 Å². The molecule has 4 aromatic heterocycles. The first-order valence-corrected chi connectivity index (χ1v) is 25.1. The molecule has 68 heavy (non-hydrogen) atoms. The maximum Gasteiger partial charge on any atom is 0.414 e. The van der Waals surface area contributed by atoms with Gasteiger partial charge >= 0.3 is 11.9 Å².